The lowest BCUT2D eigenvalue weighted by molar-refractivity contribution is 0.274. The number of imidazole rings is 1. The second-order valence-electron chi connectivity index (χ2n) is 6.65. The van der Waals surface area contributed by atoms with Crippen LogP contribution in [0.2, 0.25) is 0 Å². The van der Waals surface area contributed by atoms with E-state index in [1.54, 1.807) is 25.6 Å². The number of anilines is 1. The van der Waals surface area contributed by atoms with Gasteiger partial charge >= 0.3 is 0 Å². The summed E-state index contributed by atoms with van der Waals surface area (Å²) in [5.41, 5.74) is 3.01. The predicted molar refractivity (Wildman–Crippen MR) is 108 cm³/mol. The largest absolute Gasteiger partial charge is 0.494 e. The molecular weight excluding hydrogens is 373 g/mol. The van der Waals surface area contributed by atoms with E-state index in [4.69, 9.17) is 4.74 Å². The van der Waals surface area contributed by atoms with Crippen molar-refractivity contribution < 1.29 is 14.2 Å². The highest BCUT2D eigenvalue weighted by atomic mass is 19.1. The number of nitrogens with zero attached hydrogens (tertiary/aromatic N) is 4. The molecule has 4 rings (SSSR count). The number of nitrogens with one attached hydrogen (secondary N) is 1. The summed E-state index contributed by atoms with van der Waals surface area (Å²) >= 11 is 0. The molecule has 0 bridgehead atoms. The van der Waals surface area contributed by atoms with Gasteiger partial charge in [-0.05, 0) is 35.4 Å². The molecule has 2 heterocycles. The number of halogens is 1. The van der Waals surface area contributed by atoms with Crippen molar-refractivity contribution in [3.63, 3.8) is 0 Å². The van der Waals surface area contributed by atoms with Crippen molar-refractivity contribution in [1.82, 2.24) is 19.5 Å². The highest BCUT2D eigenvalue weighted by Gasteiger charge is 2.17. The fourth-order valence-corrected chi connectivity index (χ4v) is 3.21. The summed E-state index contributed by atoms with van der Waals surface area (Å²) in [5, 5.41) is 13.8. The zero-order chi connectivity index (χ0) is 20.4. The molecule has 0 aliphatic carbocycles. The quantitative estimate of drug-likeness (QED) is 0.523. The molecule has 1 unspecified atom stereocenters. The molecule has 4 aromatic rings. The molecule has 1 atom stereocenters. The molecule has 148 valence electrons. The molecule has 2 N–H and O–H groups in total. The van der Waals surface area contributed by atoms with Crippen molar-refractivity contribution in [2.24, 2.45) is 7.05 Å². The maximum atomic E-state index is 13.3. The average Bonchev–Trinajstić information content (AvgIpc) is 3.17. The summed E-state index contributed by atoms with van der Waals surface area (Å²) in [7, 11) is 3.44. The summed E-state index contributed by atoms with van der Waals surface area (Å²) in [4.78, 5) is 13.0. The van der Waals surface area contributed by atoms with Crippen LogP contribution in [0.3, 0.4) is 0 Å². The molecule has 0 saturated heterocycles. The van der Waals surface area contributed by atoms with Gasteiger partial charge in [-0.2, -0.15) is 0 Å². The third kappa shape index (κ3) is 3.74. The first-order chi connectivity index (χ1) is 14.1. The van der Waals surface area contributed by atoms with Crippen LogP contribution in [0.15, 0.2) is 55.2 Å². The summed E-state index contributed by atoms with van der Waals surface area (Å²) in [6, 6.07) is 9.57. The fraction of sp³-hybridized carbons (Fsp3) is 0.190. The molecule has 0 saturated carbocycles. The lowest BCUT2D eigenvalue weighted by atomic mass is 10.0. The average molecular weight is 393 g/mol. The molecule has 0 spiro atoms. The van der Waals surface area contributed by atoms with Crippen LogP contribution in [0.4, 0.5) is 10.2 Å². The Bertz CT molecular complexity index is 1140. The normalized spacial score (nSPS) is 12.1. The van der Waals surface area contributed by atoms with Gasteiger partial charge in [0.25, 0.3) is 0 Å². The third-order valence-electron chi connectivity index (χ3n) is 4.68. The second kappa shape index (κ2) is 7.84. The van der Waals surface area contributed by atoms with Crippen LogP contribution in [-0.2, 0) is 7.05 Å². The number of aliphatic hydroxyl groups excluding tert-OH is 1. The molecular formula is C21H20FN5O2. The minimum atomic E-state index is -0.435. The van der Waals surface area contributed by atoms with Gasteiger partial charge < -0.3 is 19.7 Å². The maximum absolute atomic E-state index is 13.3. The first-order valence-corrected chi connectivity index (χ1v) is 9.03. The van der Waals surface area contributed by atoms with Gasteiger partial charge in [-0.3, -0.25) is 0 Å². The predicted octanol–water partition coefficient (Wildman–Crippen LogP) is 3.32. The van der Waals surface area contributed by atoms with Crippen LogP contribution in [0.1, 0.15) is 11.7 Å². The van der Waals surface area contributed by atoms with Gasteiger partial charge in [-0.25, -0.2) is 19.3 Å². The van der Waals surface area contributed by atoms with E-state index in [-0.39, 0.29) is 12.4 Å². The van der Waals surface area contributed by atoms with Crippen molar-refractivity contribution in [2.45, 2.75) is 6.04 Å². The topological polar surface area (TPSA) is 85.1 Å². The van der Waals surface area contributed by atoms with Crippen LogP contribution in [0.25, 0.3) is 22.0 Å². The number of ether oxygens (including phenoxy) is 1. The summed E-state index contributed by atoms with van der Waals surface area (Å²) in [6.07, 6.45) is 4.95. The van der Waals surface area contributed by atoms with Gasteiger partial charge in [0, 0.05) is 18.6 Å². The van der Waals surface area contributed by atoms with Gasteiger partial charge in [0.05, 0.1) is 31.8 Å². The minimum Gasteiger partial charge on any atom is -0.494 e. The molecule has 8 heteroatoms. The van der Waals surface area contributed by atoms with Crippen molar-refractivity contribution in [3.05, 3.63) is 66.8 Å². The van der Waals surface area contributed by atoms with E-state index in [1.807, 2.05) is 29.9 Å². The van der Waals surface area contributed by atoms with Gasteiger partial charge in [0.2, 0.25) is 0 Å². The molecule has 2 aromatic carbocycles. The smallest absolute Gasteiger partial charge is 0.145 e. The monoisotopic (exact) mass is 393 g/mol. The Hall–Kier alpha value is -3.52. The van der Waals surface area contributed by atoms with Crippen molar-refractivity contribution in [3.8, 4) is 16.9 Å². The first kappa shape index (κ1) is 18.8. The van der Waals surface area contributed by atoms with E-state index in [2.05, 4.69) is 20.3 Å². The number of benzene rings is 2. The molecule has 0 aliphatic rings. The third-order valence-corrected chi connectivity index (χ3v) is 4.68. The number of hydrogen-bond acceptors (Lipinski definition) is 6. The molecule has 2 aromatic heterocycles. The number of methoxy groups -OCH3 is 1. The Morgan fingerprint density at radius 2 is 1.93 bits per heavy atom. The fourth-order valence-electron chi connectivity index (χ4n) is 3.21. The second-order valence-corrected chi connectivity index (χ2v) is 6.65. The lowest BCUT2D eigenvalue weighted by Crippen LogP contribution is -2.16. The molecule has 7 nitrogen and oxygen atoms in total. The van der Waals surface area contributed by atoms with Crippen molar-refractivity contribution >= 4 is 16.7 Å². The molecule has 0 fully saturated rings. The van der Waals surface area contributed by atoms with Crippen LogP contribution in [-0.4, -0.2) is 38.3 Å². The van der Waals surface area contributed by atoms with Gasteiger partial charge in [0.15, 0.2) is 0 Å². The Labute approximate surface area is 166 Å². The van der Waals surface area contributed by atoms with E-state index in [0.717, 1.165) is 16.5 Å². The van der Waals surface area contributed by atoms with Gasteiger partial charge in [-0.15, -0.1) is 0 Å². The summed E-state index contributed by atoms with van der Waals surface area (Å²) < 4.78 is 20.7. The van der Waals surface area contributed by atoms with E-state index in [1.165, 1.54) is 18.5 Å². The standard InChI is InChI=1S/C21H20FN5O2/c1-27-9-17(25-12-27)18(10-28)26-21-16-7-14(13-3-5-15(22)6-4-13)8-19(29-2)20(16)23-11-24-21/h3-9,11-12,18,28H,10H2,1-2H3,(H,23,24,26). The van der Waals surface area contributed by atoms with Crippen LogP contribution >= 0.6 is 0 Å². The number of hydrogen-bond donors (Lipinski definition) is 2. The molecule has 0 amide bonds. The van der Waals surface area contributed by atoms with E-state index >= 15 is 0 Å². The first-order valence-electron chi connectivity index (χ1n) is 9.03. The zero-order valence-corrected chi connectivity index (χ0v) is 16.0. The maximum Gasteiger partial charge on any atom is 0.145 e. The van der Waals surface area contributed by atoms with Gasteiger partial charge in [0.1, 0.15) is 29.2 Å². The SMILES string of the molecule is COc1cc(-c2ccc(F)cc2)cc2c(NC(CO)c3cn(C)cn3)ncnc12. The minimum absolute atomic E-state index is 0.155. The van der Waals surface area contributed by atoms with Gasteiger partial charge in [-0.1, -0.05) is 12.1 Å². The Morgan fingerprint density at radius 3 is 2.59 bits per heavy atom. The van der Waals surface area contributed by atoms with E-state index in [9.17, 15) is 9.50 Å². The number of fused-ring (bicyclic) bond motifs is 1. The summed E-state index contributed by atoms with van der Waals surface area (Å²) in [5.74, 6) is 0.820. The molecule has 0 radical (unpaired) electrons. The van der Waals surface area contributed by atoms with Crippen molar-refractivity contribution in [2.75, 3.05) is 19.0 Å². The Morgan fingerprint density at radius 1 is 1.14 bits per heavy atom. The van der Waals surface area contributed by atoms with Crippen LogP contribution < -0.4 is 10.1 Å². The zero-order valence-electron chi connectivity index (χ0n) is 16.0. The molecule has 0 aliphatic heterocycles. The highest BCUT2D eigenvalue weighted by Crippen LogP contribution is 2.35. The Balaban J connectivity index is 1.81. The Kier molecular flexibility index (Phi) is 5.09. The number of aromatic nitrogens is 4. The number of aryl methyl sites for hydroxylation is 1. The van der Waals surface area contributed by atoms with E-state index in [0.29, 0.717) is 22.8 Å². The summed E-state index contributed by atoms with van der Waals surface area (Å²) in [6.45, 7) is -0.155. The number of aliphatic hydroxyl groups is 1. The lowest BCUT2D eigenvalue weighted by Gasteiger charge is -2.17. The van der Waals surface area contributed by atoms with E-state index < -0.39 is 6.04 Å². The molecule has 29 heavy (non-hydrogen) atoms. The van der Waals surface area contributed by atoms with Crippen LogP contribution in [0.5, 0.6) is 5.75 Å². The van der Waals surface area contributed by atoms with Crippen LogP contribution in [0, 0.1) is 5.82 Å². The van der Waals surface area contributed by atoms with Crippen molar-refractivity contribution in [1.29, 1.82) is 0 Å². The highest BCUT2D eigenvalue weighted by molar-refractivity contribution is 5.96. The number of rotatable bonds is 6.